The third kappa shape index (κ3) is 3.45. The van der Waals surface area contributed by atoms with E-state index in [1.165, 1.54) is 33.1 Å². The summed E-state index contributed by atoms with van der Waals surface area (Å²) >= 11 is 0. The summed E-state index contributed by atoms with van der Waals surface area (Å²) < 4.78 is 0. The number of carboxylic acids is 1. The largest absolute Gasteiger partial charge is 0.480 e. The number of carbonyl (C=O) groups excluding carboxylic acids is 1. The number of hydrogen-bond acceptors (Lipinski definition) is 2. The summed E-state index contributed by atoms with van der Waals surface area (Å²) in [4.78, 5) is 22.7. The van der Waals surface area contributed by atoms with Gasteiger partial charge in [0, 0.05) is 6.54 Å². The van der Waals surface area contributed by atoms with Crippen molar-refractivity contribution < 1.29 is 14.7 Å². The number of nitrogens with one attached hydrogen (secondary N) is 1. The summed E-state index contributed by atoms with van der Waals surface area (Å²) in [5.41, 5.74) is -1.34. The van der Waals surface area contributed by atoms with Crippen LogP contribution in [0.4, 0.5) is 0 Å². The molecule has 17 heavy (non-hydrogen) atoms. The molecule has 4 nitrogen and oxygen atoms in total. The fraction of sp³-hybridized carbons (Fsp3) is 0.846. The van der Waals surface area contributed by atoms with E-state index in [0.29, 0.717) is 18.4 Å². The standard InChI is InChI=1S/C13H23NO3/c1-9-6-4-5-7-10(9)8-14-11(15)13(2,3)12(16)17/h9-10H,4-8H2,1-3H3,(H,14,15)(H,16,17). The first kappa shape index (κ1) is 14.0. The van der Waals surface area contributed by atoms with E-state index in [4.69, 9.17) is 5.11 Å². The molecule has 1 fully saturated rings. The monoisotopic (exact) mass is 241 g/mol. The van der Waals surface area contributed by atoms with E-state index in [1.807, 2.05) is 0 Å². The van der Waals surface area contributed by atoms with Crippen LogP contribution in [-0.2, 0) is 9.59 Å². The Morgan fingerprint density at radius 3 is 2.41 bits per heavy atom. The van der Waals surface area contributed by atoms with Gasteiger partial charge in [-0.2, -0.15) is 0 Å². The zero-order valence-corrected chi connectivity index (χ0v) is 11.0. The lowest BCUT2D eigenvalue weighted by Gasteiger charge is -2.29. The lowest BCUT2D eigenvalue weighted by atomic mass is 9.80. The van der Waals surface area contributed by atoms with Crippen molar-refractivity contribution in [2.45, 2.75) is 46.5 Å². The van der Waals surface area contributed by atoms with E-state index in [-0.39, 0.29) is 5.91 Å². The molecule has 0 radical (unpaired) electrons. The highest BCUT2D eigenvalue weighted by Crippen LogP contribution is 2.29. The van der Waals surface area contributed by atoms with Crippen molar-refractivity contribution in [1.29, 1.82) is 0 Å². The molecule has 0 aliphatic heterocycles. The topological polar surface area (TPSA) is 66.4 Å². The van der Waals surface area contributed by atoms with Gasteiger partial charge in [0.2, 0.25) is 5.91 Å². The van der Waals surface area contributed by atoms with Crippen LogP contribution in [0.2, 0.25) is 0 Å². The maximum atomic E-state index is 11.8. The van der Waals surface area contributed by atoms with E-state index in [2.05, 4.69) is 12.2 Å². The number of hydrogen-bond donors (Lipinski definition) is 2. The van der Waals surface area contributed by atoms with Crippen molar-refractivity contribution in [2.24, 2.45) is 17.3 Å². The van der Waals surface area contributed by atoms with Crippen LogP contribution in [0.5, 0.6) is 0 Å². The Balaban J connectivity index is 2.45. The molecule has 1 aliphatic carbocycles. The van der Waals surface area contributed by atoms with Gasteiger partial charge in [0.15, 0.2) is 0 Å². The van der Waals surface area contributed by atoms with E-state index in [9.17, 15) is 9.59 Å². The van der Waals surface area contributed by atoms with Gasteiger partial charge >= 0.3 is 5.97 Å². The first-order valence-electron chi connectivity index (χ1n) is 6.37. The highest BCUT2D eigenvalue weighted by atomic mass is 16.4. The third-order valence-electron chi connectivity index (χ3n) is 3.92. The number of aliphatic carboxylic acids is 1. The summed E-state index contributed by atoms with van der Waals surface area (Å²) in [5, 5.41) is 11.7. The summed E-state index contributed by atoms with van der Waals surface area (Å²) in [5.74, 6) is -0.344. The molecule has 0 bridgehead atoms. The Morgan fingerprint density at radius 1 is 1.29 bits per heavy atom. The number of rotatable bonds is 4. The summed E-state index contributed by atoms with van der Waals surface area (Å²) in [7, 11) is 0. The van der Waals surface area contributed by atoms with Crippen LogP contribution < -0.4 is 5.32 Å². The fourth-order valence-electron chi connectivity index (χ4n) is 2.24. The maximum Gasteiger partial charge on any atom is 0.318 e. The molecule has 2 N–H and O–H groups in total. The first-order chi connectivity index (χ1) is 7.85. The Labute approximate surface area is 103 Å². The molecule has 1 amide bonds. The molecule has 1 rings (SSSR count). The fourth-order valence-corrected chi connectivity index (χ4v) is 2.24. The smallest absolute Gasteiger partial charge is 0.318 e. The number of carbonyl (C=O) groups is 2. The van der Waals surface area contributed by atoms with E-state index in [1.54, 1.807) is 0 Å². The SMILES string of the molecule is CC1CCCCC1CNC(=O)C(C)(C)C(=O)O. The normalized spacial score (nSPS) is 25.4. The Morgan fingerprint density at radius 2 is 1.88 bits per heavy atom. The quantitative estimate of drug-likeness (QED) is 0.740. The lowest BCUT2D eigenvalue weighted by molar-refractivity contribution is -0.153. The number of amides is 1. The van der Waals surface area contributed by atoms with Gasteiger partial charge in [0.05, 0.1) is 0 Å². The van der Waals surface area contributed by atoms with Crippen LogP contribution in [0.1, 0.15) is 46.5 Å². The van der Waals surface area contributed by atoms with E-state index in [0.717, 1.165) is 6.42 Å². The van der Waals surface area contributed by atoms with Gasteiger partial charge in [-0.25, -0.2) is 0 Å². The molecule has 0 aromatic rings. The molecule has 1 saturated carbocycles. The highest BCUT2D eigenvalue weighted by molar-refractivity contribution is 6.00. The molecule has 0 aromatic heterocycles. The minimum atomic E-state index is -1.34. The van der Waals surface area contributed by atoms with Crippen molar-refractivity contribution >= 4 is 11.9 Å². The molecule has 2 atom stereocenters. The molecule has 98 valence electrons. The number of carboxylic acid groups (broad SMARTS) is 1. The molecule has 0 saturated heterocycles. The molecule has 2 unspecified atom stereocenters. The summed E-state index contributed by atoms with van der Waals surface area (Å²) in [6.45, 7) is 5.69. The highest BCUT2D eigenvalue weighted by Gasteiger charge is 2.36. The molecule has 1 aliphatic rings. The van der Waals surface area contributed by atoms with E-state index < -0.39 is 11.4 Å². The van der Waals surface area contributed by atoms with Crippen LogP contribution in [0.25, 0.3) is 0 Å². The molecule has 0 aromatic carbocycles. The van der Waals surface area contributed by atoms with Gasteiger partial charge in [0.1, 0.15) is 5.41 Å². The first-order valence-corrected chi connectivity index (χ1v) is 6.37. The van der Waals surface area contributed by atoms with Crippen molar-refractivity contribution in [3.8, 4) is 0 Å². The van der Waals surface area contributed by atoms with Crippen LogP contribution in [-0.4, -0.2) is 23.5 Å². The van der Waals surface area contributed by atoms with Gasteiger partial charge in [-0.3, -0.25) is 9.59 Å². The predicted molar refractivity (Wildman–Crippen MR) is 65.5 cm³/mol. The Hall–Kier alpha value is -1.06. The third-order valence-corrected chi connectivity index (χ3v) is 3.92. The van der Waals surface area contributed by atoms with Crippen molar-refractivity contribution in [3.05, 3.63) is 0 Å². The second kappa shape index (κ2) is 5.52. The second-order valence-electron chi connectivity index (χ2n) is 5.66. The van der Waals surface area contributed by atoms with Gasteiger partial charge in [-0.15, -0.1) is 0 Å². The molecule has 0 heterocycles. The van der Waals surface area contributed by atoms with Crippen molar-refractivity contribution in [3.63, 3.8) is 0 Å². The van der Waals surface area contributed by atoms with Gasteiger partial charge in [0.25, 0.3) is 0 Å². The minimum absolute atomic E-state index is 0.386. The Kier molecular flexibility index (Phi) is 4.54. The average molecular weight is 241 g/mol. The molecule has 4 heteroatoms. The second-order valence-corrected chi connectivity index (χ2v) is 5.66. The van der Waals surface area contributed by atoms with Crippen LogP contribution in [0, 0.1) is 17.3 Å². The molecular weight excluding hydrogens is 218 g/mol. The van der Waals surface area contributed by atoms with Gasteiger partial charge in [-0.1, -0.05) is 26.2 Å². The van der Waals surface area contributed by atoms with Crippen molar-refractivity contribution in [2.75, 3.05) is 6.54 Å². The molecular formula is C13H23NO3. The van der Waals surface area contributed by atoms with Crippen LogP contribution in [0.3, 0.4) is 0 Å². The zero-order valence-electron chi connectivity index (χ0n) is 11.0. The van der Waals surface area contributed by atoms with Gasteiger partial charge in [-0.05, 0) is 32.1 Å². The molecule has 0 spiro atoms. The predicted octanol–water partition coefficient (Wildman–Crippen LogP) is 2.04. The maximum absolute atomic E-state index is 11.8. The Bertz CT molecular complexity index is 299. The van der Waals surface area contributed by atoms with Crippen LogP contribution >= 0.6 is 0 Å². The van der Waals surface area contributed by atoms with Gasteiger partial charge < -0.3 is 10.4 Å². The summed E-state index contributed by atoms with van der Waals surface area (Å²) in [6.07, 6.45) is 4.83. The summed E-state index contributed by atoms with van der Waals surface area (Å²) in [6, 6.07) is 0. The average Bonchev–Trinajstić information content (AvgIpc) is 2.27. The van der Waals surface area contributed by atoms with Crippen molar-refractivity contribution in [1.82, 2.24) is 5.32 Å². The van der Waals surface area contributed by atoms with E-state index >= 15 is 0 Å². The zero-order chi connectivity index (χ0) is 13.1. The lowest BCUT2D eigenvalue weighted by Crippen LogP contribution is -2.44. The van der Waals surface area contributed by atoms with Crippen LogP contribution in [0.15, 0.2) is 0 Å². The minimum Gasteiger partial charge on any atom is -0.480 e.